The lowest BCUT2D eigenvalue weighted by molar-refractivity contribution is 0.0950. The molecule has 0 bridgehead atoms. The van der Waals surface area contributed by atoms with Crippen molar-refractivity contribution in [1.29, 1.82) is 0 Å². The summed E-state index contributed by atoms with van der Waals surface area (Å²) in [5.74, 6) is 2.18. The first-order valence-electron chi connectivity index (χ1n) is 7.31. The van der Waals surface area contributed by atoms with E-state index in [1.165, 1.54) is 4.68 Å². The number of amides is 1. The van der Waals surface area contributed by atoms with Crippen molar-refractivity contribution >= 4 is 16.7 Å². The van der Waals surface area contributed by atoms with E-state index in [1.54, 1.807) is 42.7 Å². The standard InChI is InChI=1S/C18H14N4O2/c1-2-11-22-18(24)15-6-4-3-5-14(15)16(21-22)12-20-17(23)13-7-9-19-10-8-13/h1,3-10H,11-12H2,(H,20,23). The third-order valence-corrected chi connectivity index (χ3v) is 3.54. The minimum absolute atomic E-state index is 0.0783. The van der Waals surface area contributed by atoms with Crippen LogP contribution in [-0.2, 0) is 13.1 Å². The number of terminal acetylenes is 1. The molecule has 0 radical (unpaired) electrons. The Morgan fingerprint density at radius 3 is 2.58 bits per heavy atom. The maximum atomic E-state index is 12.3. The highest BCUT2D eigenvalue weighted by Gasteiger charge is 2.11. The molecular weight excluding hydrogens is 304 g/mol. The average Bonchev–Trinajstić information content (AvgIpc) is 2.63. The molecule has 1 amide bonds. The number of nitrogens with zero attached hydrogens (tertiary/aromatic N) is 3. The topological polar surface area (TPSA) is 76.9 Å². The summed E-state index contributed by atoms with van der Waals surface area (Å²) in [5.41, 5.74) is 0.849. The van der Waals surface area contributed by atoms with Crippen LogP contribution >= 0.6 is 0 Å². The minimum atomic E-state index is -0.243. The van der Waals surface area contributed by atoms with Gasteiger partial charge in [-0.2, -0.15) is 5.10 Å². The number of benzene rings is 1. The molecule has 0 spiro atoms. The Balaban J connectivity index is 1.94. The Labute approximate surface area is 138 Å². The molecule has 1 aromatic carbocycles. The van der Waals surface area contributed by atoms with E-state index in [0.717, 1.165) is 0 Å². The molecule has 0 saturated heterocycles. The minimum Gasteiger partial charge on any atom is -0.346 e. The van der Waals surface area contributed by atoms with Crippen LogP contribution < -0.4 is 10.9 Å². The molecule has 6 nitrogen and oxygen atoms in total. The Morgan fingerprint density at radius 1 is 1.17 bits per heavy atom. The lowest BCUT2D eigenvalue weighted by Gasteiger charge is -2.10. The number of fused-ring (bicyclic) bond motifs is 1. The zero-order valence-corrected chi connectivity index (χ0v) is 12.8. The van der Waals surface area contributed by atoms with Gasteiger partial charge in [-0.05, 0) is 18.2 Å². The number of hydrogen-bond acceptors (Lipinski definition) is 4. The molecule has 2 aromatic heterocycles. The van der Waals surface area contributed by atoms with Crippen molar-refractivity contribution in [1.82, 2.24) is 20.1 Å². The van der Waals surface area contributed by atoms with Crippen LogP contribution in [0.5, 0.6) is 0 Å². The average molecular weight is 318 g/mol. The Kier molecular flexibility index (Phi) is 4.34. The predicted octanol–water partition coefficient (Wildman–Crippen LogP) is 1.35. The largest absolute Gasteiger partial charge is 0.346 e. The third kappa shape index (κ3) is 3.01. The second kappa shape index (κ2) is 6.75. The second-order valence-corrected chi connectivity index (χ2v) is 5.08. The van der Waals surface area contributed by atoms with Gasteiger partial charge in [0.15, 0.2) is 0 Å². The molecule has 0 fully saturated rings. The van der Waals surface area contributed by atoms with Crippen LogP contribution in [0.25, 0.3) is 10.8 Å². The van der Waals surface area contributed by atoms with E-state index in [4.69, 9.17) is 6.42 Å². The fraction of sp³-hybridized carbons (Fsp3) is 0.111. The van der Waals surface area contributed by atoms with E-state index >= 15 is 0 Å². The van der Waals surface area contributed by atoms with Gasteiger partial charge in [0.2, 0.25) is 0 Å². The maximum Gasteiger partial charge on any atom is 0.275 e. The zero-order valence-electron chi connectivity index (χ0n) is 12.8. The van der Waals surface area contributed by atoms with Crippen molar-refractivity contribution in [3.63, 3.8) is 0 Å². The fourth-order valence-corrected chi connectivity index (χ4v) is 2.40. The first-order chi connectivity index (χ1) is 11.7. The van der Waals surface area contributed by atoms with Crippen LogP contribution in [0.3, 0.4) is 0 Å². The molecule has 118 valence electrons. The number of pyridine rings is 1. The molecule has 0 saturated carbocycles. The van der Waals surface area contributed by atoms with Crippen LogP contribution in [0.15, 0.2) is 53.6 Å². The summed E-state index contributed by atoms with van der Waals surface area (Å²) in [6.07, 6.45) is 8.40. The molecular formula is C18H14N4O2. The lowest BCUT2D eigenvalue weighted by atomic mass is 10.1. The summed E-state index contributed by atoms with van der Waals surface area (Å²) in [6.45, 7) is 0.265. The monoisotopic (exact) mass is 318 g/mol. The highest BCUT2D eigenvalue weighted by Crippen LogP contribution is 2.13. The number of hydrogen-bond donors (Lipinski definition) is 1. The van der Waals surface area contributed by atoms with E-state index < -0.39 is 0 Å². The molecule has 0 aliphatic carbocycles. The van der Waals surface area contributed by atoms with Gasteiger partial charge in [-0.3, -0.25) is 14.6 Å². The zero-order chi connectivity index (χ0) is 16.9. The van der Waals surface area contributed by atoms with Crippen LogP contribution in [0, 0.1) is 12.3 Å². The van der Waals surface area contributed by atoms with Crippen molar-refractivity contribution in [3.05, 3.63) is 70.4 Å². The van der Waals surface area contributed by atoms with Gasteiger partial charge in [0, 0.05) is 23.3 Å². The molecule has 0 atom stereocenters. The van der Waals surface area contributed by atoms with E-state index in [2.05, 4.69) is 21.3 Å². The summed E-state index contributed by atoms with van der Waals surface area (Å²) in [6, 6.07) is 10.4. The molecule has 3 rings (SSSR count). The summed E-state index contributed by atoms with van der Waals surface area (Å²) in [4.78, 5) is 28.4. The third-order valence-electron chi connectivity index (χ3n) is 3.54. The van der Waals surface area contributed by atoms with Crippen LogP contribution in [0.1, 0.15) is 16.1 Å². The van der Waals surface area contributed by atoms with Crippen molar-refractivity contribution in [3.8, 4) is 12.3 Å². The van der Waals surface area contributed by atoms with Crippen molar-refractivity contribution < 1.29 is 4.79 Å². The molecule has 24 heavy (non-hydrogen) atoms. The van der Waals surface area contributed by atoms with E-state index in [9.17, 15) is 9.59 Å². The highest BCUT2D eigenvalue weighted by molar-refractivity contribution is 5.94. The van der Waals surface area contributed by atoms with Crippen molar-refractivity contribution in [2.75, 3.05) is 0 Å². The van der Waals surface area contributed by atoms with Crippen molar-refractivity contribution in [2.45, 2.75) is 13.1 Å². The highest BCUT2D eigenvalue weighted by atomic mass is 16.1. The van der Waals surface area contributed by atoms with Gasteiger partial charge in [0.05, 0.1) is 17.6 Å². The smallest absolute Gasteiger partial charge is 0.275 e. The first kappa shape index (κ1) is 15.4. The quantitative estimate of drug-likeness (QED) is 0.737. The van der Waals surface area contributed by atoms with Gasteiger partial charge in [0.1, 0.15) is 6.54 Å². The Morgan fingerprint density at radius 2 is 1.88 bits per heavy atom. The normalized spacial score (nSPS) is 10.3. The van der Waals surface area contributed by atoms with Crippen LogP contribution in [-0.4, -0.2) is 20.7 Å². The van der Waals surface area contributed by atoms with Crippen molar-refractivity contribution in [2.24, 2.45) is 0 Å². The van der Waals surface area contributed by atoms with Crippen LogP contribution in [0.4, 0.5) is 0 Å². The number of rotatable bonds is 4. The number of carbonyl (C=O) groups is 1. The molecule has 0 aliphatic rings. The van der Waals surface area contributed by atoms with Gasteiger partial charge in [-0.1, -0.05) is 24.1 Å². The molecule has 6 heteroatoms. The van der Waals surface area contributed by atoms with E-state index in [0.29, 0.717) is 22.0 Å². The van der Waals surface area contributed by atoms with Crippen LogP contribution in [0.2, 0.25) is 0 Å². The Bertz CT molecular complexity index is 987. The molecule has 1 N–H and O–H groups in total. The van der Waals surface area contributed by atoms with E-state index in [1.807, 2.05) is 6.07 Å². The summed E-state index contributed by atoms with van der Waals surface area (Å²) < 4.78 is 1.23. The fourth-order valence-electron chi connectivity index (χ4n) is 2.40. The molecule has 0 unspecified atom stereocenters. The van der Waals surface area contributed by atoms with Gasteiger partial charge in [-0.25, -0.2) is 4.68 Å². The number of aromatic nitrogens is 3. The number of carbonyl (C=O) groups excluding carboxylic acids is 1. The van der Waals surface area contributed by atoms with E-state index in [-0.39, 0.29) is 24.6 Å². The predicted molar refractivity (Wildman–Crippen MR) is 90.2 cm³/mol. The first-order valence-corrected chi connectivity index (χ1v) is 7.31. The SMILES string of the molecule is C#CCn1nc(CNC(=O)c2ccncc2)c2ccccc2c1=O. The number of nitrogens with one attached hydrogen (secondary N) is 1. The summed E-state index contributed by atoms with van der Waals surface area (Å²) in [5, 5.41) is 8.31. The lowest BCUT2D eigenvalue weighted by Crippen LogP contribution is -2.28. The molecule has 2 heterocycles. The van der Waals surface area contributed by atoms with Gasteiger partial charge in [-0.15, -0.1) is 6.42 Å². The van der Waals surface area contributed by atoms with Gasteiger partial charge in [0.25, 0.3) is 11.5 Å². The maximum absolute atomic E-state index is 12.3. The van der Waals surface area contributed by atoms with Gasteiger partial charge >= 0.3 is 0 Å². The Hall–Kier alpha value is -3.46. The molecule has 3 aromatic rings. The molecule has 0 aliphatic heterocycles. The summed E-state index contributed by atoms with van der Waals surface area (Å²) >= 11 is 0. The summed E-state index contributed by atoms with van der Waals surface area (Å²) in [7, 11) is 0. The second-order valence-electron chi connectivity index (χ2n) is 5.08. The van der Waals surface area contributed by atoms with Gasteiger partial charge < -0.3 is 5.32 Å².